The fraction of sp³-hybridized carbons (Fsp3) is 0.375. The van der Waals surface area contributed by atoms with E-state index in [1.807, 2.05) is 29.2 Å². The number of hydrogen-bond donors (Lipinski definition) is 2. The molecule has 34 heavy (non-hydrogen) atoms. The number of halogens is 1. The number of pyridine rings is 1. The molecule has 8 nitrogen and oxygen atoms in total. The second kappa shape index (κ2) is 8.88. The van der Waals surface area contributed by atoms with Crippen LogP contribution in [-0.4, -0.2) is 59.1 Å². The Balaban J connectivity index is 1.53. The molecule has 0 amide bonds. The Bertz CT molecular complexity index is 1340. The third kappa shape index (κ3) is 4.29. The number of rotatable bonds is 6. The van der Waals surface area contributed by atoms with Crippen LogP contribution in [0.4, 0.5) is 11.5 Å². The summed E-state index contributed by atoms with van der Waals surface area (Å²) in [6.45, 7) is 3.18. The molecule has 1 fully saturated rings. The first kappa shape index (κ1) is 23.2. The molecular weight excluding hydrogens is 476 g/mol. The number of fused-ring (bicyclic) bond motifs is 2. The average molecular weight is 503 g/mol. The molecule has 3 aromatic rings. The zero-order chi connectivity index (χ0) is 23.9. The van der Waals surface area contributed by atoms with Crippen molar-refractivity contribution < 1.29 is 17.9 Å². The van der Waals surface area contributed by atoms with Crippen LogP contribution >= 0.6 is 11.6 Å². The van der Waals surface area contributed by atoms with Gasteiger partial charge in [-0.1, -0.05) is 17.7 Å². The minimum absolute atomic E-state index is 0.0100. The highest BCUT2D eigenvalue weighted by Gasteiger charge is 2.37. The predicted octanol–water partition coefficient (Wildman–Crippen LogP) is 3.08. The van der Waals surface area contributed by atoms with Crippen LogP contribution in [0.2, 0.25) is 5.02 Å². The molecule has 0 atom stereocenters. The first-order valence-electron chi connectivity index (χ1n) is 11.1. The summed E-state index contributed by atoms with van der Waals surface area (Å²) in [5.41, 5.74) is 8.28. The van der Waals surface area contributed by atoms with Crippen LogP contribution < -0.4 is 20.7 Å². The van der Waals surface area contributed by atoms with Crippen LogP contribution in [0.3, 0.4) is 0 Å². The second-order valence-electron chi connectivity index (χ2n) is 8.95. The maximum Gasteiger partial charge on any atom is 0.180 e. The van der Waals surface area contributed by atoms with E-state index in [1.54, 1.807) is 18.2 Å². The van der Waals surface area contributed by atoms with Gasteiger partial charge in [-0.2, -0.15) is 0 Å². The molecule has 0 radical (unpaired) electrons. The molecule has 5 rings (SSSR count). The summed E-state index contributed by atoms with van der Waals surface area (Å²) < 4.78 is 36.6. The lowest BCUT2D eigenvalue weighted by molar-refractivity contribution is -0.0979. The van der Waals surface area contributed by atoms with Gasteiger partial charge in [-0.05, 0) is 35.9 Å². The van der Waals surface area contributed by atoms with Gasteiger partial charge in [0.25, 0.3) is 0 Å². The average Bonchev–Trinajstić information content (AvgIpc) is 2.94. The van der Waals surface area contributed by atoms with Crippen molar-refractivity contribution in [1.82, 2.24) is 4.98 Å². The topological polar surface area (TPSA) is 107 Å². The second-order valence-corrected chi connectivity index (χ2v) is 11.5. The molecule has 2 aliphatic heterocycles. The first-order chi connectivity index (χ1) is 16.3. The van der Waals surface area contributed by atoms with Gasteiger partial charge < -0.3 is 25.4 Å². The molecule has 1 aromatic heterocycles. The maximum atomic E-state index is 13.0. The van der Waals surface area contributed by atoms with E-state index < -0.39 is 9.84 Å². The fourth-order valence-corrected chi connectivity index (χ4v) is 6.04. The number of ether oxygens (including phenoxy) is 2. The lowest BCUT2D eigenvalue weighted by Crippen LogP contribution is -2.52. The molecule has 180 valence electrons. The Morgan fingerprint density at radius 1 is 1.24 bits per heavy atom. The summed E-state index contributed by atoms with van der Waals surface area (Å²) in [4.78, 5) is 7.17. The Morgan fingerprint density at radius 3 is 2.76 bits per heavy atom. The van der Waals surface area contributed by atoms with Gasteiger partial charge >= 0.3 is 0 Å². The number of benzene rings is 2. The molecular formula is C24H27ClN4O4S. The zero-order valence-corrected chi connectivity index (χ0v) is 20.5. The monoisotopic (exact) mass is 502 g/mol. The SMILES string of the molecule is COc1ccc2c(c1)S(=O)(=O)CCN(c1cc(NCC3(CN)COC3)c3cc(Cl)ccc3n1)C2. The van der Waals surface area contributed by atoms with Crippen LogP contribution in [0.25, 0.3) is 10.9 Å². The minimum Gasteiger partial charge on any atom is -0.497 e. The third-order valence-electron chi connectivity index (χ3n) is 6.59. The van der Waals surface area contributed by atoms with Crippen molar-refractivity contribution in [2.24, 2.45) is 11.1 Å². The molecule has 0 aliphatic carbocycles. The Labute approximate surface area is 203 Å². The number of anilines is 2. The normalized spacial score (nSPS) is 18.6. The Kier molecular flexibility index (Phi) is 6.05. The van der Waals surface area contributed by atoms with Gasteiger partial charge in [0.05, 0.1) is 36.5 Å². The quantitative estimate of drug-likeness (QED) is 0.529. The van der Waals surface area contributed by atoms with Gasteiger partial charge in [0.15, 0.2) is 9.84 Å². The van der Waals surface area contributed by atoms with E-state index >= 15 is 0 Å². The van der Waals surface area contributed by atoms with E-state index in [-0.39, 0.29) is 11.2 Å². The van der Waals surface area contributed by atoms with Crippen LogP contribution in [0.15, 0.2) is 47.4 Å². The number of nitrogens with two attached hydrogens (primary N) is 1. The summed E-state index contributed by atoms with van der Waals surface area (Å²) in [7, 11) is -1.92. The molecule has 0 bridgehead atoms. The van der Waals surface area contributed by atoms with Gasteiger partial charge in [-0.25, -0.2) is 13.4 Å². The number of sulfone groups is 1. The van der Waals surface area contributed by atoms with E-state index in [0.717, 1.165) is 22.2 Å². The summed E-state index contributed by atoms with van der Waals surface area (Å²) in [6, 6.07) is 12.7. The van der Waals surface area contributed by atoms with Crippen molar-refractivity contribution >= 4 is 43.8 Å². The Morgan fingerprint density at radius 2 is 2.06 bits per heavy atom. The fourth-order valence-electron chi connectivity index (χ4n) is 4.36. The van der Waals surface area contributed by atoms with Gasteiger partial charge in [0, 0.05) is 53.8 Å². The standard InChI is InChI=1S/C24H27ClN4O4S/c1-32-18-4-2-16-11-29(6-7-34(30,31)22(16)9-18)23-10-21(27-13-24(12-26)14-33-15-24)19-8-17(25)3-5-20(19)28-23/h2-5,8-10H,6-7,11-15,26H2,1H3,(H,27,28). The molecule has 1 saturated heterocycles. The lowest BCUT2D eigenvalue weighted by atomic mass is 9.86. The molecule has 3 N–H and O–H groups in total. The van der Waals surface area contributed by atoms with Crippen molar-refractivity contribution in [3.05, 3.63) is 53.1 Å². The van der Waals surface area contributed by atoms with Crippen LogP contribution in [-0.2, 0) is 21.1 Å². The molecule has 10 heteroatoms. The summed E-state index contributed by atoms with van der Waals surface area (Å²) in [6.07, 6.45) is 0. The highest BCUT2D eigenvalue weighted by atomic mass is 35.5. The number of nitrogens with zero attached hydrogens (tertiary/aromatic N) is 2. The molecule has 0 saturated carbocycles. The van der Waals surface area contributed by atoms with Crippen molar-refractivity contribution in [3.8, 4) is 5.75 Å². The van der Waals surface area contributed by atoms with Gasteiger partial charge in [-0.3, -0.25) is 0 Å². The van der Waals surface area contributed by atoms with Crippen molar-refractivity contribution in [1.29, 1.82) is 0 Å². The third-order valence-corrected chi connectivity index (χ3v) is 8.59. The largest absolute Gasteiger partial charge is 0.497 e. The number of nitrogens with one attached hydrogen (secondary N) is 1. The minimum atomic E-state index is -3.45. The van der Waals surface area contributed by atoms with E-state index in [2.05, 4.69) is 5.32 Å². The number of hydrogen-bond acceptors (Lipinski definition) is 8. The molecule has 3 heterocycles. The molecule has 0 unspecified atom stereocenters. The van der Waals surface area contributed by atoms with E-state index in [9.17, 15) is 8.42 Å². The van der Waals surface area contributed by atoms with Crippen LogP contribution in [0.1, 0.15) is 5.56 Å². The van der Waals surface area contributed by atoms with E-state index in [4.69, 9.17) is 31.8 Å². The Hall–Kier alpha value is -2.59. The predicted molar refractivity (Wildman–Crippen MR) is 134 cm³/mol. The van der Waals surface area contributed by atoms with Crippen LogP contribution in [0, 0.1) is 5.41 Å². The van der Waals surface area contributed by atoms with Crippen molar-refractivity contribution in [3.63, 3.8) is 0 Å². The van der Waals surface area contributed by atoms with Gasteiger partial charge in [0.2, 0.25) is 0 Å². The maximum absolute atomic E-state index is 13.0. The molecule has 0 spiro atoms. The van der Waals surface area contributed by atoms with Gasteiger partial charge in [0.1, 0.15) is 11.6 Å². The highest BCUT2D eigenvalue weighted by molar-refractivity contribution is 7.91. The van der Waals surface area contributed by atoms with E-state index in [1.165, 1.54) is 7.11 Å². The van der Waals surface area contributed by atoms with E-state index in [0.29, 0.717) is 60.9 Å². The molecule has 2 aromatic carbocycles. The number of methoxy groups -OCH3 is 1. The van der Waals surface area contributed by atoms with Crippen LogP contribution in [0.5, 0.6) is 5.75 Å². The lowest BCUT2D eigenvalue weighted by Gasteiger charge is -2.40. The number of aromatic nitrogens is 1. The first-order valence-corrected chi connectivity index (χ1v) is 13.1. The van der Waals surface area contributed by atoms with Crippen molar-refractivity contribution in [2.75, 3.05) is 55.9 Å². The van der Waals surface area contributed by atoms with Crippen molar-refractivity contribution in [2.45, 2.75) is 11.4 Å². The summed E-state index contributed by atoms with van der Waals surface area (Å²) in [5.74, 6) is 1.21. The van der Waals surface area contributed by atoms with Gasteiger partial charge in [-0.15, -0.1) is 0 Å². The highest BCUT2D eigenvalue weighted by Crippen LogP contribution is 2.34. The summed E-state index contributed by atoms with van der Waals surface area (Å²) >= 11 is 6.29. The smallest absolute Gasteiger partial charge is 0.180 e. The summed E-state index contributed by atoms with van der Waals surface area (Å²) in [5, 5.41) is 5.05. The molecule has 2 aliphatic rings. The zero-order valence-electron chi connectivity index (χ0n) is 18.9.